The van der Waals surface area contributed by atoms with E-state index in [4.69, 9.17) is 0 Å². The molecule has 0 saturated carbocycles. The van der Waals surface area contributed by atoms with Crippen molar-refractivity contribution in [1.82, 2.24) is 0 Å². The molecule has 3 aromatic carbocycles. The van der Waals surface area contributed by atoms with E-state index in [-0.39, 0.29) is 42.6 Å². The van der Waals surface area contributed by atoms with E-state index in [9.17, 15) is 0 Å². The number of halogens is 3. The maximum Gasteiger partial charge on any atom is -1.00 e. The summed E-state index contributed by atoms with van der Waals surface area (Å²) in [5, 5.41) is 6.38. The van der Waals surface area contributed by atoms with Crippen molar-refractivity contribution in [2.24, 2.45) is 5.41 Å². The molecule has 5 heteroatoms. The molecule has 0 nitrogen and oxygen atoms in total. The van der Waals surface area contributed by atoms with Gasteiger partial charge in [-0.15, -0.1) is 0 Å². The summed E-state index contributed by atoms with van der Waals surface area (Å²) in [4.78, 5) is 0. The van der Waals surface area contributed by atoms with Crippen LogP contribution < -0.4 is 52.8 Å². The molecule has 0 heterocycles. The fraction of sp³-hybridized carbons (Fsp3) is 0.511. The minimum atomic E-state index is -2.81. The van der Waals surface area contributed by atoms with Gasteiger partial charge in [0.2, 0.25) is 0 Å². The number of hydrogen-bond acceptors (Lipinski definition) is 0. The molecule has 0 bridgehead atoms. The van der Waals surface area contributed by atoms with Gasteiger partial charge in [0.25, 0.3) is 0 Å². The van der Waals surface area contributed by atoms with Gasteiger partial charge in [0.05, 0.1) is 0 Å². The average Bonchev–Trinajstić information content (AvgIpc) is 3.38. The minimum absolute atomic E-state index is 0. The zero-order chi connectivity index (χ0) is 35.2. The van der Waals surface area contributed by atoms with Crippen molar-refractivity contribution in [2.45, 2.75) is 146 Å². The Labute approximate surface area is 338 Å². The first-order valence-corrected chi connectivity index (χ1v) is 21.2. The van der Waals surface area contributed by atoms with Crippen molar-refractivity contribution in [3.63, 3.8) is 0 Å². The third kappa shape index (κ3) is 9.53. The van der Waals surface area contributed by atoms with Gasteiger partial charge in [-0.2, -0.15) is 0 Å². The molecule has 272 valence electrons. The molecule has 0 aliphatic heterocycles. The Balaban J connectivity index is 0.00000417. The van der Waals surface area contributed by atoms with Crippen LogP contribution in [0.2, 0.25) is 0 Å². The molecule has 1 aliphatic rings. The number of allylic oxidation sites excluding steroid dienone is 4. The normalized spacial score (nSPS) is 13.8. The fourth-order valence-electron chi connectivity index (χ4n) is 7.29. The van der Waals surface area contributed by atoms with Gasteiger partial charge < -0.3 is 37.2 Å². The van der Waals surface area contributed by atoms with E-state index in [1.807, 2.05) is 0 Å². The standard InChI is InChI=1S/C45H63Si.3ClH.Ti/c1-28(2)34-18-35(29(3)4)22-42(21-34)46(41-17-16-40(27-41)45(13,14)15,43-23-36(30(5)6)19-37(24-43)31(7)8)44-25-38(32(9)10)20-39(26-44)33(11)12;;;;/h16,18-26,28-33H,17H2,1-15H3;3*1H;/q;;;;+3/p-3. The first kappa shape index (κ1) is 47.0. The van der Waals surface area contributed by atoms with E-state index in [1.165, 1.54) is 42.8 Å². The molecule has 0 spiro atoms. The van der Waals surface area contributed by atoms with E-state index in [0.29, 0.717) is 35.5 Å². The van der Waals surface area contributed by atoms with E-state index in [1.54, 1.807) is 20.8 Å². The second kappa shape index (κ2) is 18.3. The Bertz CT molecular complexity index is 1440. The van der Waals surface area contributed by atoms with Crippen molar-refractivity contribution in [3.8, 4) is 0 Å². The van der Waals surface area contributed by atoms with Gasteiger partial charge in [-0.1, -0.05) is 0 Å². The first-order valence-electron chi connectivity index (χ1n) is 18.4. The van der Waals surface area contributed by atoms with E-state index >= 15 is 0 Å². The largest absolute Gasteiger partial charge is 1.00 e. The Morgan fingerprint density at radius 3 is 0.880 bits per heavy atom. The molecule has 0 saturated heterocycles. The van der Waals surface area contributed by atoms with E-state index in [2.05, 4.69) is 185 Å². The van der Waals surface area contributed by atoms with Crippen LogP contribution in [0, 0.1) is 5.41 Å². The number of rotatable bonds is 10. The zero-order valence-electron chi connectivity index (χ0n) is 33.6. The predicted octanol–water partition coefficient (Wildman–Crippen LogP) is 2.63. The van der Waals surface area contributed by atoms with Crippen LogP contribution in [0.4, 0.5) is 0 Å². The quantitative estimate of drug-likeness (QED) is 0.220. The summed E-state index contributed by atoms with van der Waals surface area (Å²) in [6.07, 6.45) is 3.62. The minimum Gasteiger partial charge on any atom is -1.00 e. The average molecular weight is 786 g/mol. The first-order chi connectivity index (χ1) is 21.8. The fourth-order valence-corrected chi connectivity index (χ4v) is 14.3. The maximum absolute atomic E-state index is 2.81. The number of hydrogen-bond donors (Lipinski definition) is 0. The summed E-state index contributed by atoms with van der Waals surface area (Å²) in [5.41, 5.74) is 10.4. The van der Waals surface area contributed by atoms with Gasteiger partial charge in [-0.3, -0.25) is 0 Å². The molecule has 4 rings (SSSR count). The van der Waals surface area contributed by atoms with Crippen LogP contribution >= 0.6 is 0 Å². The predicted molar refractivity (Wildman–Crippen MR) is 208 cm³/mol. The van der Waals surface area contributed by atoms with Crippen molar-refractivity contribution in [1.29, 1.82) is 0 Å². The smallest absolute Gasteiger partial charge is 1.00 e. The van der Waals surface area contributed by atoms with Crippen LogP contribution in [0.15, 0.2) is 75.3 Å². The van der Waals surface area contributed by atoms with Crippen LogP contribution in [0.1, 0.15) is 179 Å². The van der Waals surface area contributed by atoms with Gasteiger partial charge in [-0.05, 0) is 0 Å². The Kier molecular flexibility index (Phi) is 17.2. The molecule has 0 N–H and O–H groups in total. The molecule has 0 fully saturated rings. The zero-order valence-corrected chi connectivity index (χ0v) is 38.4. The second-order valence-electron chi connectivity index (χ2n) is 17.3. The van der Waals surface area contributed by atoms with Gasteiger partial charge in [0, 0.05) is 0 Å². The molecule has 3 aromatic rings. The molecule has 0 atom stereocenters. The monoisotopic (exact) mass is 784 g/mol. The van der Waals surface area contributed by atoms with Crippen LogP contribution in [-0.2, 0) is 20.4 Å². The topological polar surface area (TPSA) is 0 Å². The van der Waals surface area contributed by atoms with Crippen molar-refractivity contribution >= 4 is 23.6 Å². The second-order valence-corrected chi connectivity index (χ2v) is 21.9. The summed E-state index contributed by atoms with van der Waals surface area (Å²) in [7, 11) is -2.81. The molecule has 0 radical (unpaired) electrons. The Morgan fingerprint density at radius 2 is 0.700 bits per heavy atom. The Morgan fingerprint density at radius 1 is 0.460 bits per heavy atom. The molecule has 0 unspecified atom stereocenters. The number of benzene rings is 3. The molecule has 50 heavy (non-hydrogen) atoms. The van der Waals surface area contributed by atoms with Crippen LogP contribution in [0.3, 0.4) is 0 Å². The third-order valence-corrected chi connectivity index (χ3v) is 16.7. The molecule has 0 amide bonds. The summed E-state index contributed by atoms with van der Waals surface area (Å²) in [6, 6.07) is 23.4. The van der Waals surface area contributed by atoms with E-state index in [0.717, 1.165) is 6.42 Å². The molecular weight excluding hydrogens is 723 g/mol. The SMILES string of the molecule is CC(C)c1cc(C(C)C)cc([Si](C2=[C]([Ti+3])C(C(C)(C)C)=CC2)(c2cc(C(C)C)cc(C(C)C)c2)c2cc(C(C)C)cc(C(C)C)c2)c1.[Cl-].[Cl-].[Cl-]. The van der Waals surface area contributed by atoms with Crippen molar-refractivity contribution < 1.29 is 57.7 Å². The van der Waals surface area contributed by atoms with Gasteiger partial charge in [-0.25, -0.2) is 0 Å². The molecular formula is C45H63Cl3SiTi. The third-order valence-electron chi connectivity index (χ3n) is 10.6. The summed E-state index contributed by atoms with van der Waals surface area (Å²) < 4.78 is 1.53. The summed E-state index contributed by atoms with van der Waals surface area (Å²) in [5.74, 6) is 2.76. The van der Waals surface area contributed by atoms with Gasteiger partial charge >= 0.3 is 304 Å². The summed E-state index contributed by atoms with van der Waals surface area (Å²) >= 11 is 2.46. The van der Waals surface area contributed by atoms with E-state index < -0.39 is 8.07 Å². The maximum atomic E-state index is 2.65. The Hall–Kier alpha value is -1.06. The van der Waals surface area contributed by atoms with Crippen LogP contribution in [-0.4, -0.2) is 8.07 Å². The molecule has 1 aliphatic carbocycles. The van der Waals surface area contributed by atoms with Crippen LogP contribution in [0.5, 0.6) is 0 Å². The summed E-state index contributed by atoms with van der Waals surface area (Å²) in [6.45, 7) is 35.7. The van der Waals surface area contributed by atoms with Crippen LogP contribution in [0.25, 0.3) is 0 Å². The van der Waals surface area contributed by atoms with Crippen molar-refractivity contribution in [2.75, 3.05) is 0 Å². The van der Waals surface area contributed by atoms with Crippen molar-refractivity contribution in [3.05, 3.63) is 109 Å². The van der Waals surface area contributed by atoms with Gasteiger partial charge in [0.15, 0.2) is 0 Å². The molecule has 0 aromatic heterocycles. The van der Waals surface area contributed by atoms with Gasteiger partial charge in [0.1, 0.15) is 0 Å².